The number of rotatable bonds is 9. The van der Waals surface area contributed by atoms with Gasteiger partial charge in [-0.05, 0) is 35.3 Å². The molecule has 0 atom stereocenters. The van der Waals surface area contributed by atoms with E-state index in [-0.39, 0.29) is 10.8 Å². The fourth-order valence-corrected chi connectivity index (χ4v) is 5.96. The second-order valence-corrected chi connectivity index (χ2v) is 11.8. The molecule has 0 aliphatic heterocycles. The van der Waals surface area contributed by atoms with Crippen LogP contribution in [0.4, 0.5) is 0 Å². The fraction of sp³-hybridized carbons (Fsp3) is 0.409. The zero-order valence-electron chi connectivity index (χ0n) is 17.4. The molecule has 152 valence electrons. The van der Waals surface area contributed by atoms with Gasteiger partial charge in [0.15, 0.2) is 12.3 Å². The number of hydrogen-bond acceptors (Lipinski definition) is 4. The van der Waals surface area contributed by atoms with Crippen LogP contribution in [0.2, 0.25) is 0 Å². The van der Waals surface area contributed by atoms with Crippen molar-refractivity contribution >= 4 is 32.7 Å². The number of carbonyl (C=O) groups excluding carboxylic acids is 1. The molecule has 0 fully saturated rings. The lowest BCUT2D eigenvalue weighted by atomic mass is 9.89. The summed E-state index contributed by atoms with van der Waals surface area (Å²) in [5.74, 6) is 1.98. The Morgan fingerprint density at radius 3 is 2.25 bits per heavy atom. The molecule has 0 radical (unpaired) electrons. The number of carbonyl (C=O) groups is 1. The summed E-state index contributed by atoms with van der Waals surface area (Å²) in [7, 11) is 3.69. The third-order valence-electron chi connectivity index (χ3n) is 5.31. The molecular weight excluding hydrogens is 374 g/mol. The largest absolute Gasteiger partial charge is 0.289 e. The van der Waals surface area contributed by atoms with Gasteiger partial charge in [-0.1, -0.05) is 36.4 Å². The van der Waals surface area contributed by atoms with Gasteiger partial charge in [-0.3, -0.25) is 4.79 Å². The van der Waals surface area contributed by atoms with Crippen LogP contribution in [0.1, 0.15) is 22.3 Å². The summed E-state index contributed by atoms with van der Waals surface area (Å²) in [5, 5.41) is 2.20. The molecular formula is C22H30NO4S+. The Labute approximate surface area is 168 Å². The number of nitrogens with zero attached hydrogens (tertiary/aromatic N) is 1. The Hall–Kier alpha value is -1.70. The fourth-order valence-electron chi connectivity index (χ4n) is 3.85. The molecule has 0 saturated heterocycles. The van der Waals surface area contributed by atoms with Crippen LogP contribution < -0.4 is 0 Å². The molecule has 1 aliphatic carbocycles. The van der Waals surface area contributed by atoms with Crippen molar-refractivity contribution in [1.29, 1.82) is 0 Å². The molecule has 0 heterocycles. The molecule has 0 aromatic heterocycles. The van der Waals surface area contributed by atoms with Crippen LogP contribution in [0.5, 0.6) is 0 Å². The topological polar surface area (TPSA) is 44.8 Å². The molecule has 0 bridgehead atoms. The Morgan fingerprint density at radius 2 is 1.61 bits per heavy atom. The minimum absolute atomic E-state index is 0.167. The van der Waals surface area contributed by atoms with E-state index in [0.29, 0.717) is 6.54 Å². The zero-order chi connectivity index (χ0) is 20.4. The van der Waals surface area contributed by atoms with Crippen LogP contribution in [-0.4, -0.2) is 62.6 Å². The Morgan fingerprint density at radius 1 is 0.964 bits per heavy atom. The number of Topliss-reactive ketones (excluding diaryl/α,β-unsaturated/α-hetero) is 1. The van der Waals surface area contributed by atoms with Gasteiger partial charge in [0.2, 0.25) is 0 Å². The van der Waals surface area contributed by atoms with E-state index in [1.165, 1.54) is 0 Å². The highest BCUT2D eigenvalue weighted by Crippen LogP contribution is 2.44. The van der Waals surface area contributed by atoms with Gasteiger partial charge in [-0.15, -0.1) is 14.5 Å². The number of benzene rings is 2. The molecule has 0 saturated carbocycles. The van der Waals surface area contributed by atoms with Gasteiger partial charge in [-0.25, -0.2) is 10.0 Å². The molecule has 2 aromatic carbocycles. The van der Waals surface area contributed by atoms with Gasteiger partial charge in [0.25, 0.3) is 0 Å². The highest BCUT2D eigenvalue weighted by Gasteiger charge is 2.31. The lowest BCUT2D eigenvalue weighted by Crippen LogP contribution is -2.45. The minimum Gasteiger partial charge on any atom is -0.289 e. The number of quaternary nitrogens is 1. The quantitative estimate of drug-likeness (QED) is 0.460. The van der Waals surface area contributed by atoms with Crippen LogP contribution >= 0.6 is 10.0 Å². The molecule has 0 N–H and O–H groups in total. The van der Waals surface area contributed by atoms with Crippen LogP contribution in [0, 0.1) is 0 Å². The van der Waals surface area contributed by atoms with Gasteiger partial charge in [0, 0.05) is 28.7 Å². The summed E-state index contributed by atoms with van der Waals surface area (Å²) in [5.41, 5.74) is 2.89. The van der Waals surface area contributed by atoms with Crippen molar-refractivity contribution in [1.82, 2.24) is 0 Å². The molecule has 6 heteroatoms. The van der Waals surface area contributed by atoms with Crippen molar-refractivity contribution in [3.63, 3.8) is 0 Å². The zero-order valence-corrected chi connectivity index (χ0v) is 18.2. The maximum atomic E-state index is 13.1. The van der Waals surface area contributed by atoms with Crippen molar-refractivity contribution in [3.8, 4) is 0 Å². The normalized spacial score (nSPS) is 15.0. The van der Waals surface area contributed by atoms with Gasteiger partial charge in [-0.2, -0.15) is 0 Å². The van der Waals surface area contributed by atoms with E-state index in [2.05, 4.69) is 42.9 Å². The number of hydrogen-bond donors (Lipinski definition) is 0. The summed E-state index contributed by atoms with van der Waals surface area (Å²) in [6.45, 7) is 0.592. The smallest absolute Gasteiger partial charge is 0.190 e. The van der Waals surface area contributed by atoms with Crippen LogP contribution in [0.15, 0.2) is 42.0 Å². The van der Waals surface area contributed by atoms with E-state index >= 15 is 0 Å². The summed E-state index contributed by atoms with van der Waals surface area (Å²) in [6, 6.07) is 12.2. The molecule has 2 aromatic rings. The predicted molar refractivity (Wildman–Crippen MR) is 116 cm³/mol. The van der Waals surface area contributed by atoms with E-state index in [9.17, 15) is 4.79 Å². The Bertz CT molecular complexity index is 889. The number of hydroxylamine groups is 3. The second-order valence-electron chi connectivity index (χ2n) is 7.60. The first kappa shape index (κ1) is 21.0. The lowest BCUT2D eigenvalue weighted by molar-refractivity contribution is -1.36. The first-order valence-corrected chi connectivity index (χ1v) is 12.1. The van der Waals surface area contributed by atoms with E-state index < -0.39 is 10.0 Å². The van der Waals surface area contributed by atoms with E-state index in [0.717, 1.165) is 45.4 Å². The maximum Gasteiger partial charge on any atom is 0.190 e. The molecule has 5 nitrogen and oxygen atoms in total. The average Bonchev–Trinajstić information content (AvgIpc) is 2.69. The molecule has 0 unspecified atom stereocenters. The highest BCUT2D eigenvalue weighted by molar-refractivity contribution is 8.32. The Kier molecular flexibility index (Phi) is 6.27. The van der Waals surface area contributed by atoms with Crippen LogP contribution in [-0.2, 0) is 14.5 Å². The van der Waals surface area contributed by atoms with E-state index in [1.54, 1.807) is 21.3 Å². The lowest BCUT2D eigenvalue weighted by Gasteiger charge is -2.34. The minimum atomic E-state index is -0.999. The SMILES string of the molecule is CO[N+](CCCS(C)(C)CC1=Cc2cccc3cccc(c23)C1=O)(OC)OC. The van der Waals surface area contributed by atoms with Crippen molar-refractivity contribution in [2.75, 3.05) is 51.9 Å². The average molecular weight is 405 g/mol. The Balaban J connectivity index is 1.75. The number of ketones is 1. The van der Waals surface area contributed by atoms with Gasteiger partial charge < -0.3 is 0 Å². The highest BCUT2D eigenvalue weighted by atomic mass is 32.3. The van der Waals surface area contributed by atoms with Crippen molar-refractivity contribution in [2.24, 2.45) is 0 Å². The molecule has 3 rings (SSSR count). The van der Waals surface area contributed by atoms with E-state index in [1.807, 2.05) is 12.1 Å². The summed E-state index contributed by atoms with van der Waals surface area (Å²) in [6.07, 6.45) is 7.53. The van der Waals surface area contributed by atoms with Crippen molar-refractivity contribution < 1.29 is 24.3 Å². The first-order chi connectivity index (χ1) is 13.3. The maximum absolute atomic E-state index is 13.1. The summed E-state index contributed by atoms with van der Waals surface area (Å²) >= 11 is 0. The van der Waals surface area contributed by atoms with Crippen LogP contribution in [0.3, 0.4) is 0 Å². The monoisotopic (exact) mass is 404 g/mol. The predicted octanol–water partition coefficient (Wildman–Crippen LogP) is 4.37. The molecule has 28 heavy (non-hydrogen) atoms. The first-order valence-electron chi connectivity index (χ1n) is 9.36. The van der Waals surface area contributed by atoms with Gasteiger partial charge in [0.1, 0.15) is 21.3 Å². The van der Waals surface area contributed by atoms with Crippen molar-refractivity contribution in [2.45, 2.75) is 6.42 Å². The van der Waals surface area contributed by atoms with E-state index in [4.69, 9.17) is 14.5 Å². The van der Waals surface area contributed by atoms with Gasteiger partial charge >= 0.3 is 0 Å². The molecule has 0 amide bonds. The van der Waals surface area contributed by atoms with Crippen LogP contribution in [0.25, 0.3) is 16.8 Å². The third-order valence-corrected chi connectivity index (χ3v) is 7.80. The molecule has 0 spiro atoms. The summed E-state index contributed by atoms with van der Waals surface area (Å²) in [4.78, 5) is 28.8. The molecule has 1 aliphatic rings. The summed E-state index contributed by atoms with van der Waals surface area (Å²) < 4.78 is 0. The second kappa shape index (κ2) is 8.35. The van der Waals surface area contributed by atoms with Crippen molar-refractivity contribution in [3.05, 3.63) is 53.1 Å². The van der Waals surface area contributed by atoms with Gasteiger partial charge in [0.05, 0.1) is 4.97 Å². The third kappa shape index (κ3) is 4.16. The standard InChI is InChI=1S/C22H30NO4S/c1-25-23(26-2,27-3)13-8-14-28(4,5)16-19-15-18-11-6-9-17-10-7-12-20(21(17)18)22(19)24/h6-7,9-12,15H,8,13-14,16H2,1-5H3/q+1.